The van der Waals surface area contributed by atoms with E-state index < -0.39 is 10.0 Å². The lowest BCUT2D eigenvalue weighted by molar-refractivity contribution is 0.397. The minimum atomic E-state index is -3.11. The zero-order valence-electron chi connectivity index (χ0n) is 13.4. The third-order valence-corrected chi connectivity index (χ3v) is 6.00. The highest BCUT2D eigenvalue weighted by molar-refractivity contribution is 7.89. The van der Waals surface area contributed by atoms with Crippen LogP contribution in [0.1, 0.15) is 63.5 Å². The van der Waals surface area contributed by atoms with Gasteiger partial charge in [0.15, 0.2) is 0 Å². The molecule has 4 heteroatoms. The fraction of sp³-hybridized carbons (Fsp3) is 0.647. The highest BCUT2D eigenvalue weighted by atomic mass is 32.2. The van der Waals surface area contributed by atoms with Crippen LogP contribution in [-0.2, 0) is 16.6 Å². The van der Waals surface area contributed by atoms with Crippen molar-refractivity contribution in [3.63, 3.8) is 0 Å². The molecule has 1 aliphatic rings. The van der Waals surface area contributed by atoms with Gasteiger partial charge in [-0.25, -0.2) is 8.42 Å². The Balaban J connectivity index is 2.09. The molecule has 0 radical (unpaired) electrons. The summed E-state index contributed by atoms with van der Waals surface area (Å²) in [6, 6.07) is 8.60. The van der Waals surface area contributed by atoms with Crippen LogP contribution in [0.15, 0.2) is 24.3 Å². The number of nitrogens with zero attached hydrogens (tertiary/aromatic N) is 1. The lowest BCUT2D eigenvalue weighted by Gasteiger charge is -2.22. The summed E-state index contributed by atoms with van der Waals surface area (Å²) in [5, 5.41) is 0. The summed E-state index contributed by atoms with van der Waals surface area (Å²) in [4.78, 5) is 0. The molecule has 118 valence electrons. The molecule has 3 nitrogen and oxygen atoms in total. The molecule has 0 spiro atoms. The Morgan fingerprint density at radius 1 is 1.19 bits per heavy atom. The van der Waals surface area contributed by atoms with E-state index in [-0.39, 0.29) is 11.8 Å². The van der Waals surface area contributed by atoms with Crippen LogP contribution < -0.4 is 0 Å². The van der Waals surface area contributed by atoms with Gasteiger partial charge in [0, 0.05) is 12.6 Å². The van der Waals surface area contributed by atoms with E-state index in [1.54, 1.807) is 4.31 Å². The van der Waals surface area contributed by atoms with Gasteiger partial charge in [-0.2, -0.15) is 4.31 Å². The average molecular weight is 309 g/mol. The van der Waals surface area contributed by atoms with Gasteiger partial charge < -0.3 is 0 Å². The predicted octanol–water partition coefficient (Wildman–Crippen LogP) is 3.90. The molecule has 0 aromatic heterocycles. The molecule has 0 bridgehead atoms. The van der Waals surface area contributed by atoms with Gasteiger partial charge in [0.2, 0.25) is 10.0 Å². The van der Waals surface area contributed by atoms with E-state index in [1.165, 1.54) is 5.56 Å². The Hall–Kier alpha value is -0.870. The van der Waals surface area contributed by atoms with Gasteiger partial charge in [0.05, 0.1) is 5.75 Å². The molecular formula is C17H27NO2S. The van der Waals surface area contributed by atoms with Gasteiger partial charge in [-0.05, 0) is 36.3 Å². The molecule has 0 unspecified atom stereocenters. The van der Waals surface area contributed by atoms with Crippen LogP contribution in [0.3, 0.4) is 0 Å². The van der Waals surface area contributed by atoms with Crippen molar-refractivity contribution in [1.29, 1.82) is 0 Å². The number of benzene rings is 1. The Labute approximate surface area is 129 Å². The van der Waals surface area contributed by atoms with Crippen LogP contribution in [0, 0.1) is 0 Å². The van der Waals surface area contributed by atoms with Gasteiger partial charge in [0.1, 0.15) is 0 Å². The number of hydrogen-bond acceptors (Lipinski definition) is 2. The third kappa shape index (κ3) is 4.55. The first-order valence-electron chi connectivity index (χ1n) is 8.02. The van der Waals surface area contributed by atoms with E-state index in [0.29, 0.717) is 12.5 Å². The summed E-state index contributed by atoms with van der Waals surface area (Å²) in [5.41, 5.74) is 2.39. The fourth-order valence-corrected chi connectivity index (χ4v) is 4.35. The molecule has 21 heavy (non-hydrogen) atoms. The first-order valence-corrected chi connectivity index (χ1v) is 9.63. The van der Waals surface area contributed by atoms with Gasteiger partial charge in [0.25, 0.3) is 0 Å². The van der Waals surface area contributed by atoms with Crippen molar-refractivity contribution in [2.24, 2.45) is 0 Å². The molecule has 1 aromatic carbocycles. The standard InChI is InChI=1S/C17H27NO2S/c1-4-5-12-21(19,20)18(17-10-11-17)13-15-6-8-16(9-7-15)14(2)3/h6-9,14,17H,4-5,10-13H2,1-3H3. The molecule has 1 fully saturated rings. The van der Waals surface area contributed by atoms with Crippen molar-refractivity contribution in [3.8, 4) is 0 Å². The summed E-state index contributed by atoms with van der Waals surface area (Å²) in [6.07, 6.45) is 3.68. The molecule has 1 aliphatic carbocycles. The van der Waals surface area contributed by atoms with Crippen LogP contribution in [0.4, 0.5) is 0 Å². The van der Waals surface area contributed by atoms with E-state index in [0.717, 1.165) is 31.2 Å². The molecular weight excluding hydrogens is 282 g/mol. The Morgan fingerprint density at radius 2 is 1.81 bits per heavy atom. The summed E-state index contributed by atoms with van der Waals surface area (Å²) in [7, 11) is -3.11. The number of hydrogen-bond donors (Lipinski definition) is 0. The smallest absolute Gasteiger partial charge is 0.212 e. The molecule has 1 aromatic rings. The minimum absolute atomic E-state index is 0.233. The second-order valence-electron chi connectivity index (χ2n) is 6.34. The maximum absolute atomic E-state index is 12.5. The Bertz CT molecular complexity index is 545. The molecule has 0 aliphatic heterocycles. The van der Waals surface area contributed by atoms with E-state index in [1.807, 2.05) is 6.92 Å². The monoisotopic (exact) mass is 309 g/mol. The van der Waals surface area contributed by atoms with Crippen molar-refractivity contribution in [3.05, 3.63) is 35.4 Å². The summed E-state index contributed by atoms with van der Waals surface area (Å²) in [5.74, 6) is 0.788. The fourth-order valence-electron chi connectivity index (χ4n) is 2.45. The largest absolute Gasteiger partial charge is 0.214 e. The first kappa shape index (κ1) is 16.5. The normalized spacial score (nSPS) is 15.9. The molecule has 0 heterocycles. The number of rotatable bonds is 8. The Morgan fingerprint density at radius 3 is 2.29 bits per heavy atom. The number of sulfonamides is 1. The van der Waals surface area contributed by atoms with Gasteiger partial charge in [-0.1, -0.05) is 51.5 Å². The van der Waals surface area contributed by atoms with Crippen molar-refractivity contribution < 1.29 is 8.42 Å². The third-order valence-electron chi connectivity index (χ3n) is 4.05. The van der Waals surface area contributed by atoms with Crippen molar-refractivity contribution >= 4 is 10.0 Å². The summed E-state index contributed by atoms with van der Waals surface area (Å²) < 4.78 is 26.7. The van der Waals surface area contributed by atoms with Gasteiger partial charge in [-0.3, -0.25) is 0 Å². The highest BCUT2D eigenvalue weighted by Crippen LogP contribution is 2.31. The predicted molar refractivity (Wildman–Crippen MR) is 87.8 cm³/mol. The first-order chi connectivity index (χ1) is 9.94. The lowest BCUT2D eigenvalue weighted by atomic mass is 10.0. The number of unbranched alkanes of at least 4 members (excludes halogenated alkanes) is 1. The molecule has 0 saturated heterocycles. The molecule has 0 amide bonds. The van der Waals surface area contributed by atoms with Crippen molar-refractivity contribution in [2.75, 3.05) is 5.75 Å². The lowest BCUT2D eigenvalue weighted by Crippen LogP contribution is -2.34. The second kappa shape index (κ2) is 6.93. The molecule has 1 saturated carbocycles. The van der Waals surface area contributed by atoms with Crippen LogP contribution in [0.5, 0.6) is 0 Å². The molecule has 0 N–H and O–H groups in total. The molecule has 0 atom stereocenters. The zero-order chi connectivity index (χ0) is 15.5. The SMILES string of the molecule is CCCCS(=O)(=O)N(Cc1ccc(C(C)C)cc1)C1CC1. The highest BCUT2D eigenvalue weighted by Gasteiger charge is 2.36. The average Bonchev–Trinajstić information content (AvgIpc) is 3.27. The molecule has 2 rings (SSSR count). The maximum atomic E-state index is 12.5. The summed E-state index contributed by atoms with van der Waals surface area (Å²) >= 11 is 0. The van der Waals surface area contributed by atoms with Crippen LogP contribution in [0.25, 0.3) is 0 Å². The van der Waals surface area contributed by atoms with Crippen LogP contribution >= 0.6 is 0 Å². The Kier molecular flexibility index (Phi) is 5.44. The second-order valence-corrected chi connectivity index (χ2v) is 8.38. The van der Waals surface area contributed by atoms with E-state index in [9.17, 15) is 8.42 Å². The zero-order valence-corrected chi connectivity index (χ0v) is 14.2. The van der Waals surface area contributed by atoms with Crippen molar-refractivity contribution in [2.45, 2.75) is 65.0 Å². The summed E-state index contributed by atoms with van der Waals surface area (Å²) in [6.45, 7) is 6.89. The van der Waals surface area contributed by atoms with Gasteiger partial charge in [-0.15, -0.1) is 0 Å². The minimum Gasteiger partial charge on any atom is -0.212 e. The van der Waals surface area contributed by atoms with E-state index in [4.69, 9.17) is 0 Å². The van der Waals surface area contributed by atoms with E-state index in [2.05, 4.69) is 38.1 Å². The van der Waals surface area contributed by atoms with Gasteiger partial charge >= 0.3 is 0 Å². The van der Waals surface area contributed by atoms with Crippen molar-refractivity contribution in [1.82, 2.24) is 4.31 Å². The topological polar surface area (TPSA) is 37.4 Å². The van der Waals surface area contributed by atoms with Crippen LogP contribution in [-0.4, -0.2) is 24.5 Å². The quantitative estimate of drug-likeness (QED) is 0.730. The van der Waals surface area contributed by atoms with Crippen LogP contribution in [0.2, 0.25) is 0 Å². The van der Waals surface area contributed by atoms with E-state index >= 15 is 0 Å². The maximum Gasteiger partial charge on any atom is 0.214 e.